The first-order valence-electron chi connectivity index (χ1n) is 21.8. The number of aryl methyl sites for hydroxylation is 2. The number of benzene rings is 9. The Balaban J connectivity index is 1.36. The van der Waals surface area contributed by atoms with E-state index in [-0.39, 0.29) is 4.66 Å². The summed E-state index contributed by atoms with van der Waals surface area (Å²) in [5.74, 6) is 0. The zero-order valence-corrected chi connectivity index (χ0v) is 38.7. The molecule has 0 N–H and O–H groups in total. The van der Waals surface area contributed by atoms with Crippen LogP contribution in [0.5, 0.6) is 0 Å². The van der Waals surface area contributed by atoms with E-state index in [0.717, 1.165) is 11.4 Å². The number of fused-ring (bicyclic) bond motifs is 10. The van der Waals surface area contributed by atoms with E-state index < -0.39 is 16.1 Å². The molecular weight excluding hydrogens is 769 g/mol. The minimum Gasteiger partial charge on any atom is -0.310 e. The summed E-state index contributed by atoms with van der Waals surface area (Å²) in [6.07, 6.45) is 0. The largest absolute Gasteiger partial charge is 0.310 e. The maximum absolute atomic E-state index is 2.66. The van der Waals surface area contributed by atoms with Gasteiger partial charge in [-0.3, -0.25) is 0 Å². The van der Waals surface area contributed by atoms with Crippen LogP contribution in [0, 0.1) is 13.8 Å². The molecule has 4 heteroatoms. The van der Waals surface area contributed by atoms with Crippen molar-refractivity contribution >= 4 is 82.6 Å². The van der Waals surface area contributed by atoms with Gasteiger partial charge in [-0.05, 0) is 141 Å². The summed E-state index contributed by atoms with van der Waals surface area (Å²) < 4.78 is -0.127. The molecule has 10 rings (SSSR count). The first-order valence-corrected chi connectivity index (χ1v) is 28.8. The van der Waals surface area contributed by atoms with Crippen LogP contribution in [-0.4, -0.2) is 16.1 Å². The molecule has 61 heavy (non-hydrogen) atoms. The van der Waals surface area contributed by atoms with Gasteiger partial charge in [-0.25, -0.2) is 0 Å². The molecule has 1 aliphatic carbocycles. The summed E-state index contributed by atoms with van der Waals surface area (Å²) in [5, 5.41) is 7.97. The summed E-state index contributed by atoms with van der Waals surface area (Å²) in [7, 11) is -4.29. The molecule has 2 nitrogen and oxygen atoms in total. The topological polar surface area (TPSA) is 6.48 Å². The Morgan fingerprint density at radius 1 is 0.344 bits per heavy atom. The van der Waals surface area contributed by atoms with Gasteiger partial charge in [0.1, 0.15) is 0 Å². The lowest BCUT2D eigenvalue weighted by Crippen LogP contribution is -2.63. The number of anilines is 6. The fourth-order valence-corrected chi connectivity index (χ4v) is 24.5. The van der Waals surface area contributed by atoms with E-state index in [0.29, 0.717) is 0 Å². The van der Waals surface area contributed by atoms with Crippen molar-refractivity contribution in [2.24, 2.45) is 0 Å². The molecule has 0 unspecified atom stereocenters. The quantitative estimate of drug-likeness (QED) is 0.111. The predicted octanol–water partition coefficient (Wildman–Crippen LogP) is 16.7. The van der Waals surface area contributed by atoms with E-state index in [4.69, 9.17) is 0 Å². The standard InChI is InChI=1S/C57H54N2Si2/c1-39-21-19-27-43(35-39)58(41-23-11-9-12-24-41)45-33-34-50-51(37-45)46-29-15-17-31-48(46)55-54-49-32-18-16-30-47(49)53(38-52(54)57(56(50)55,60(3,4)5)61(6,7)8)59(42-25-13-10-14-26-42)44-28-20-22-40(2)36-44/h9-38H,1-8H3. The Morgan fingerprint density at radius 3 is 1.36 bits per heavy atom. The first kappa shape index (κ1) is 39.0. The van der Waals surface area contributed by atoms with Crippen LogP contribution in [0.1, 0.15) is 22.3 Å². The average Bonchev–Trinajstić information content (AvgIpc) is 3.58. The summed E-state index contributed by atoms with van der Waals surface area (Å²) in [6.45, 7) is 20.3. The SMILES string of the molecule is Cc1cccc(N(c2ccccc2)c2ccc3c4c(c5ccccc5c3c2)-c2c(cc(N(c3ccccc3)c3cccc(C)c3)c3ccccc23)C4([Si](C)(C)C)[Si](C)(C)C)c1. The van der Waals surface area contributed by atoms with Crippen LogP contribution in [0.15, 0.2) is 182 Å². The summed E-state index contributed by atoms with van der Waals surface area (Å²) in [5.41, 5.74) is 15.5. The molecule has 300 valence electrons. The smallest absolute Gasteiger partial charge is 0.0579 e. The molecule has 0 saturated heterocycles. The maximum atomic E-state index is 2.66. The molecule has 0 atom stereocenters. The van der Waals surface area contributed by atoms with Gasteiger partial charge in [0.05, 0.1) is 21.8 Å². The summed E-state index contributed by atoms with van der Waals surface area (Å²) in [4.78, 5) is 4.94. The Bertz CT molecular complexity index is 3130. The third-order valence-electron chi connectivity index (χ3n) is 13.4. The summed E-state index contributed by atoms with van der Waals surface area (Å²) >= 11 is 0. The van der Waals surface area contributed by atoms with Gasteiger partial charge < -0.3 is 9.80 Å². The predicted molar refractivity (Wildman–Crippen MR) is 271 cm³/mol. The van der Waals surface area contributed by atoms with Crippen molar-refractivity contribution in [2.75, 3.05) is 9.80 Å². The number of rotatable bonds is 8. The van der Waals surface area contributed by atoms with Crippen molar-refractivity contribution in [1.82, 2.24) is 0 Å². The highest BCUT2D eigenvalue weighted by Crippen LogP contribution is 2.64. The van der Waals surface area contributed by atoms with Gasteiger partial charge in [-0.1, -0.05) is 155 Å². The normalized spacial score (nSPS) is 13.4. The van der Waals surface area contributed by atoms with Crippen LogP contribution in [0.2, 0.25) is 39.3 Å². The average molecular weight is 823 g/mol. The van der Waals surface area contributed by atoms with Gasteiger partial charge in [-0.15, -0.1) is 0 Å². The van der Waals surface area contributed by atoms with Gasteiger partial charge in [0, 0.05) is 38.5 Å². The third-order valence-corrected chi connectivity index (χ3v) is 23.4. The van der Waals surface area contributed by atoms with E-state index in [1.165, 1.54) is 82.9 Å². The Hall–Kier alpha value is -6.21. The minimum absolute atomic E-state index is 0.127. The lowest BCUT2D eigenvalue weighted by molar-refractivity contribution is 0.963. The Morgan fingerprint density at radius 2 is 0.803 bits per heavy atom. The number of hydrogen-bond donors (Lipinski definition) is 0. The monoisotopic (exact) mass is 822 g/mol. The van der Waals surface area contributed by atoms with Crippen LogP contribution in [0.4, 0.5) is 34.1 Å². The zero-order valence-electron chi connectivity index (χ0n) is 36.7. The molecule has 1 aliphatic rings. The second-order valence-corrected chi connectivity index (χ2v) is 30.2. The maximum Gasteiger partial charge on any atom is 0.0579 e. The van der Waals surface area contributed by atoms with Gasteiger partial charge in [0.25, 0.3) is 0 Å². The molecule has 0 aromatic heterocycles. The van der Waals surface area contributed by atoms with Crippen molar-refractivity contribution < 1.29 is 0 Å². The molecule has 0 aliphatic heterocycles. The second-order valence-electron chi connectivity index (χ2n) is 19.2. The highest BCUT2D eigenvalue weighted by molar-refractivity contribution is 7.00. The van der Waals surface area contributed by atoms with Crippen LogP contribution >= 0.6 is 0 Å². The summed E-state index contributed by atoms with van der Waals surface area (Å²) in [6, 6.07) is 68.3. The van der Waals surface area contributed by atoms with Crippen molar-refractivity contribution in [1.29, 1.82) is 0 Å². The lowest BCUT2D eigenvalue weighted by atomic mass is 9.89. The van der Waals surface area contributed by atoms with Crippen molar-refractivity contribution in [3.05, 3.63) is 204 Å². The molecule has 9 aromatic rings. The Kier molecular flexibility index (Phi) is 9.24. The van der Waals surface area contributed by atoms with Gasteiger partial charge in [0.2, 0.25) is 0 Å². The first-order chi connectivity index (χ1) is 29.4. The molecule has 0 heterocycles. The van der Waals surface area contributed by atoms with E-state index in [1.807, 2.05) is 0 Å². The Labute approximate surface area is 363 Å². The van der Waals surface area contributed by atoms with Crippen LogP contribution in [-0.2, 0) is 4.66 Å². The number of nitrogens with zero attached hydrogens (tertiary/aromatic N) is 2. The zero-order chi connectivity index (χ0) is 42.3. The molecule has 0 bridgehead atoms. The molecule has 9 aromatic carbocycles. The fourth-order valence-electron chi connectivity index (χ4n) is 11.5. The molecule has 0 amide bonds. The highest BCUT2D eigenvalue weighted by atomic mass is 28.4. The van der Waals surface area contributed by atoms with E-state index in [9.17, 15) is 0 Å². The molecule has 0 saturated carbocycles. The second kappa shape index (κ2) is 14.5. The van der Waals surface area contributed by atoms with Crippen LogP contribution < -0.4 is 9.80 Å². The van der Waals surface area contributed by atoms with E-state index in [2.05, 4.69) is 245 Å². The van der Waals surface area contributed by atoms with Crippen molar-refractivity contribution in [3.63, 3.8) is 0 Å². The van der Waals surface area contributed by atoms with Crippen molar-refractivity contribution in [3.8, 4) is 11.1 Å². The van der Waals surface area contributed by atoms with Gasteiger partial charge in [-0.2, -0.15) is 0 Å². The highest BCUT2D eigenvalue weighted by Gasteiger charge is 2.60. The molecule has 0 spiro atoms. The number of hydrogen-bond acceptors (Lipinski definition) is 2. The molecule has 0 radical (unpaired) electrons. The van der Waals surface area contributed by atoms with Gasteiger partial charge in [0.15, 0.2) is 0 Å². The minimum atomic E-state index is -2.14. The third kappa shape index (κ3) is 6.02. The van der Waals surface area contributed by atoms with Crippen LogP contribution in [0.25, 0.3) is 43.4 Å². The van der Waals surface area contributed by atoms with Crippen LogP contribution in [0.3, 0.4) is 0 Å². The molecular formula is C57H54N2Si2. The van der Waals surface area contributed by atoms with Gasteiger partial charge >= 0.3 is 0 Å². The number of para-hydroxylation sites is 2. The lowest BCUT2D eigenvalue weighted by Gasteiger charge is -2.52. The van der Waals surface area contributed by atoms with E-state index >= 15 is 0 Å². The van der Waals surface area contributed by atoms with Crippen molar-refractivity contribution in [2.45, 2.75) is 57.8 Å². The van der Waals surface area contributed by atoms with E-state index in [1.54, 1.807) is 5.56 Å². The molecule has 0 fully saturated rings. The fraction of sp³-hybridized carbons (Fsp3) is 0.158.